The van der Waals surface area contributed by atoms with Gasteiger partial charge in [0, 0.05) is 24.7 Å². The second kappa shape index (κ2) is 3.73. The van der Waals surface area contributed by atoms with E-state index >= 15 is 0 Å². The molecule has 0 aromatic rings. The predicted octanol–water partition coefficient (Wildman–Crippen LogP) is 2.26. The van der Waals surface area contributed by atoms with Crippen molar-refractivity contribution in [1.29, 1.82) is 0 Å². The minimum absolute atomic E-state index is 0.216. The van der Waals surface area contributed by atoms with Crippen LogP contribution < -0.4 is 0 Å². The first-order valence-electron chi connectivity index (χ1n) is 6.12. The van der Waals surface area contributed by atoms with E-state index in [0.717, 1.165) is 32.2 Å². The molecule has 0 spiro atoms. The van der Waals surface area contributed by atoms with E-state index in [0.29, 0.717) is 17.6 Å². The summed E-state index contributed by atoms with van der Waals surface area (Å²) in [6.07, 6.45) is 6.57. The molecule has 0 radical (unpaired) electrons. The quantitative estimate of drug-likeness (QED) is 0.637. The van der Waals surface area contributed by atoms with Gasteiger partial charge in [-0.25, -0.2) is 4.58 Å². The molecule has 0 amide bonds. The van der Waals surface area contributed by atoms with Crippen molar-refractivity contribution in [3.8, 4) is 0 Å². The number of carbonyl (C=O) groups is 1. The molecule has 15 heavy (non-hydrogen) atoms. The van der Waals surface area contributed by atoms with Crippen LogP contribution in [0.5, 0.6) is 0 Å². The molecule has 0 aromatic carbocycles. The van der Waals surface area contributed by atoms with Crippen molar-refractivity contribution >= 4 is 12.0 Å². The summed E-state index contributed by atoms with van der Waals surface area (Å²) in [4.78, 5) is 11.9. The maximum atomic E-state index is 11.9. The highest BCUT2D eigenvalue weighted by Crippen LogP contribution is 2.34. The van der Waals surface area contributed by atoms with Gasteiger partial charge in [-0.15, -0.1) is 0 Å². The van der Waals surface area contributed by atoms with Gasteiger partial charge in [0.05, 0.1) is 0 Å². The van der Waals surface area contributed by atoms with Crippen LogP contribution >= 0.6 is 0 Å². The van der Waals surface area contributed by atoms with Crippen LogP contribution in [0.15, 0.2) is 0 Å². The van der Waals surface area contributed by atoms with Gasteiger partial charge in [0.25, 0.3) is 0 Å². The first-order chi connectivity index (χ1) is 6.98. The number of Topliss-reactive ketones (excluding diaryl/α,β-unsaturated/α-hetero) is 1. The second-order valence-corrected chi connectivity index (χ2v) is 5.94. The lowest BCUT2D eigenvalue weighted by molar-refractivity contribution is -0.597. The molecule has 0 bridgehead atoms. The Morgan fingerprint density at radius 3 is 2.27 bits per heavy atom. The highest BCUT2D eigenvalue weighted by molar-refractivity contribution is 5.87. The Balaban J connectivity index is 1.95. The van der Waals surface area contributed by atoms with Gasteiger partial charge >= 0.3 is 0 Å². The van der Waals surface area contributed by atoms with E-state index in [4.69, 9.17) is 0 Å². The fourth-order valence-corrected chi connectivity index (χ4v) is 2.33. The zero-order valence-corrected chi connectivity index (χ0v) is 10.1. The molecule has 0 N–H and O–H groups in total. The van der Waals surface area contributed by atoms with Gasteiger partial charge in [-0.2, -0.15) is 0 Å². The summed E-state index contributed by atoms with van der Waals surface area (Å²) in [5.41, 5.74) is 0.216. The van der Waals surface area contributed by atoms with E-state index in [9.17, 15) is 4.79 Å². The normalized spacial score (nSPS) is 27.4. The maximum Gasteiger partial charge on any atom is 0.153 e. The topological polar surface area (TPSA) is 20.1 Å². The molecule has 1 aliphatic carbocycles. The first kappa shape index (κ1) is 10.8. The molecule has 2 heteroatoms. The molecule has 1 heterocycles. The van der Waals surface area contributed by atoms with Crippen LogP contribution in [0.2, 0.25) is 0 Å². The van der Waals surface area contributed by atoms with Crippen molar-refractivity contribution in [1.82, 2.24) is 0 Å². The smallest absolute Gasteiger partial charge is 0.153 e. The summed E-state index contributed by atoms with van der Waals surface area (Å²) in [5, 5.41) is 0. The van der Waals surface area contributed by atoms with E-state index < -0.39 is 0 Å². The van der Waals surface area contributed by atoms with Gasteiger partial charge in [-0.1, -0.05) is 0 Å². The van der Waals surface area contributed by atoms with Crippen molar-refractivity contribution < 1.29 is 9.37 Å². The molecule has 0 aromatic heterocycles. The van der Waals surface area contributed by atoms with Crippen LogP contribution in [0.1, 0.15) is 46.5 Å². The first-order valence-corrected chi connectivity index (χ1v) is 6.12. The summed E-state index contributed by atoms with van der Waals surface area (Å²) < 4.78 is 2.38. The fourth-order valence-electron chi connectivity index (χ4n) is 2.33. The van der Waals surface area contributed by atoms with Crippen LogP contribution in [0.25, 0.3) is 0 Å². The van der Waals surface area contributed by atoms with Crippen molar-refractivity contribution in [2.75, 3.05) is 6.54 Å². The van der Waals surface area contributed by atoms with Crippen molar-refractivity contribution in [2.24, 2.45) is 11.8 Å². The predicted molar refractivity (Wildman–Crippen MR) is 61.4 cm³/mol. The number of hydrogen-bond donors (Lipinski definition) is 0. The maximum absolute atomic E-state index is 11.9. The molecule has 1 unspecified atom stereocenters. The Morgan fingerprint density at radius 2 is 1.87 bits per heavy atom. The van der Waals surface area contributed by atoms with Crippen LogP contribution in [0, 0.1) is 11.8 Å². The Bertz CT molecular complexity index is 294. The molecule has 2 nitrogen and oxygen atoms in total. The zero-order valence-electron chi connectivity index (χ0n) is 10.1. The standard InChI is InChI=1S/C13H22NO/c1-13(2,3)14-8-6-11(7-9-14)12(15)10-4-5-10/h8,10-11H,4-7,9H2,1-3H3/q+1. The third-order valence-corrected chi connectivity index (χ3v) is 3.57. The highest BCUT2D eigenvalue weighted by atomic mass is 16.1. The average Bonchev–Trinajstić information content (AvgIpc) is 2.99. The number of carbonyl (C=O) groups excluding carboxylic acids is 1. The van der Waals surface area contributed by atoms with Crippen molar-refractivity contribution in [2.45, 2.75) is 52.0 Å². The summed E-state index contributed by atoms with van der Waals surface area (Å²) >= 11 is 0. The van der Waals surface area contributed by atoms with Crippen molar-refractivity contribution in [3.05, 3.63) is 0 Å². The molecule has 2 rings (SSSR count). The molecular weight excluding hydrogens is 186 g/mol. The van der Waals surface area contributed by atoms with Gasteiger partial charge in [-0.05, 0) is 33.6 Å². The summed E-state index contributed by atoms with van der Waals surface area (Å²) in [6.45, 7) is 7.73. The Labute approximate surface area is 92.4 Å². The van der Waals surface area contributed by atoms with Gasteiger partial charge in [0.1, 0.15) is 18.5 Å². The lowest BCUT2D eigenvalue weighted by atomic mass is 9.90. The van der Waals surface area contributed by atoms with Crippen LogP contribution in [-0.2, 0) is 4.79 Å². The number of hydrogen-bond acceptors (Lipinski definition) is 1. The number of rotatable bonds is 2. The van der Waals surface area contributed by atoms with Gasteiger partial charge in [0.15, 0.2) is 5.54 Å². The third kappa shape index (κ3) is 2.47. The minimum Gasteiger partial charge on any atom is -0.299 e. The van der Waals surface area contributed by atoms with Crippen LogP contribution in [-0.4, -0.2) is 28.7 Å². The molecule has 2 aliphatic rings. The largest absolute Gasteiger partial charge is 0.299 e. The van der Waals surface area contributed by atoms with E-state index in [1.807, 2.05) is 0 Å². The molecule has 1 aliphatic heterocycles. The lowest BCUT2D eigenvalue weighted by Gasteiger charge is -2.24. The molecule has 1 fully saturated rings. The average molecular weight is 208 g/mol. The highest BCUT2D eigenvalue weighted by Gasteiger charge is 2.37. The van der Waals surface area contributed by atoms with Crippen LogP contribution in [0.3, 0.4) is 0 Å². The van der Waals surface area contributed by atoms with Crippen LogP contribution in [0.4, 0.5) is 0 Å². The fraction of sp³-hybridized carbons (Fsp3) is 0.846. The second-order valence-electron chi connectivity index (χ2n) is 5.94. The summed E-state index contributed by atoms with van der Waals surface area (Å²) in [6, 6.07) is 0. The minimum atomic E-state index is 0.216. The Kier molecular flexibility index (Phi) is 2.70. The van der Waals surface area contributed by atoms with E-state index in [1.54, 1.807) is 0 Å². The molecular formula is C13H22NO+. The van der Waals surface area contributed by atoms with E-state index in [-0.39, 0.29) is 5.54 Å². The lowest BCUT2D eigenvalue weighted by Crippen LogP contribution is -2.39. The monoisotopic (exact) mass is 208 g/mol. The molecule has 84 valence electrons. The number of ketones is 1. The van der Waals surface area contributed by atoms with Gasteiger partial charge < -0.3 is 0 Å². The summed E-state index contributed by atoms with van der Waals surface area (Å²) in [7, 11) is 0. The Hall–Kier alpha value is -0.660. The van der Waals surface area contributed by atoms with Gasteiger partial charge in [0.2, 0.25) is 0 Å². The third-order valence-electron chi connectivity index (χ3n) is 3.57. The van der Waals surface area contributed by atoms with E-state index in [2.05, 4.69) is 31.6 Å². The van der Waals surface area contributed by atoms with E-state index in [1.165, 1.54) is 0 Å². The molecule has 1 atom stereocenters. The van der Waals surface area contributed by atoms with Gasteiger partial charge in [-0.3, -0.25) is 4.79 Å². The summed E-state index contributed by atoms with van der Waals surface area (Å²) in [5.74, 6) is 1.31. The molecule has 0 saturated heterocycles. The Morgan fingerprint density at radius 1 is 1.20 bits per heavy atom. The SMILES string of the molecule is CC(C)(C)[N+]1=CCC(C(=O)C2CC2)CC1. The zero-order chi connectivity index (χ0) is 11.1. The van der Waals surface area contributed by atoms with Crippen molar-refractivity contribution in [3.63, 3.8) is 0 Å². The number of nitrogens with zero attached hydrogens (tertiary/aromatic N) is 1. The molecule has 1 saturated carbocycles.